The first-order valence-electron chi connectivity index (χ1n) is 11.4. The van der Waals surface area contributed by atoms with Crippen LogP contribution in [0.25, 0.3) is 21.5 Å². The lowest BCUT2D eigenvalue weighted by Crippen LogP contribution is -2.21. The molecule has 10 nitrogen and oxygen atoms in total. The molecule has 10 heteroatoms. The molecule has 194 valence electrons. The SMILES string of the molecule is CCn1cc(C(=O)O)c2ccc(OC)cc2c1=O.CCn1cc(C(=O)OC)c2ccc(OC)cc2c1=O. The van der Waals surface area contributed by atoms with Gasteiger partial charge in [-0.15, -0.1) is 0 Å². The molecule has 0 unspecified atom stereocenters. The van der Waals surface area contributed by atoms with Crippen LogP contribution < -0.4 is 20.6 Å². The second-order valence-electron chi connectivity index (χ2n) is 7.89. The summed E-state index contributed by atoms with van der Waals surface area (Å²) < 4.78 is 17.8. The zero-order valence-electron chi connectivity index (χ0n) is 21.2. The number of methoxy groups -OCH3 is 3. The van der Waals surface area contributed by atoms with Gasteiger partial charge >= 0.3 is 11.9 Å². The van der Waals surface area contributed by atoms with Crippen LogP contribution in [-0.4, -0.2) is 47.5 Å². The van der Waals surface area contributed by atoms with E-state index in [-0.39, 0.29) is 16.7 Å². The highest BCUT2D eigenvalue weighted by Crippen LogP contribution is 2.22. The summed E-state index contributed by atoms with van der Waals surface area (Å²) in [5.41, 5.74) is 0.135. The number of ether oxygens (including phenoxy) is 3. The first-order chi connectivity index (χ1) is 17.7. The molecule has 0 amide bonds. The number of hydrogen-bond acceptors (Lipinski definition) is 7. The molecule has 0 aliphatic carbocycles. The minimum atomic E-state index is -1.05. The molecule has 0 atom stereocenters. The molecule has 0 radical (unpaired) electrons. The maximum atomic E-state index is 12.2. The Morgan fingerprint density at radius 1 is 0.730 bits per heavy atom. The molecule has 0 aliphatic rings. The van der Waals surface area contributed by atoms with E-state index in [1.54, 1.807) is 43.3 Å². The lowest BCUT2D eigenvalue weighted by atomic mass is 10.1. The molecule has 0 spiro atoms. The van der Waals surface area contributed by atoms with Crippen LogP contribution in [-0.2, 0) is 17.8 Å². The predicted molar refractivity (Wildman–Crippen MR) is 139 cm³/mol. The van der Waals surface area contributed by atoms with E-state index in [1.807, 2.05) is 6.92 Å². The van der Waals surface area contributed by atoms with Crippen LogP contribution in [0.2, 0.25) is 0 Å². The average molecular weight is 509 g/mol. The minimum Gasteiger partial charge on any atom is -0.497 e. The molecule has 4 rings (SSSR count). The summed E-state index contributed by atoms with van der Waals surface area (Å²) in [5, 5.41) is 11.0. The van der Waals surface area contributed by atoms with E-state index in [0.717, 1.165) is 0 Å². The maximum absolute atomic E-state index is 12.2. The van der Waals surface area contributed by atoms with Crippen molar-refractivity contribution in [1.82, 2.24) is 9.13 Å². The first-order valence-corrected chi connectivity index (χ1v) is 11.4. The summed E-state index contributed by atoms with van der Waals surface area (Å²) in [6, 6.07) is 9.85. The summed E-state index contributed by atoms with van der Waals surface area (Å²) in [4.78, 5) is 47.4. The highest BCUT2D eigenvalue weighted by molar-refractivity contribution is 6.04. The number of fused-ring (bicyclic) bond motifs is 2. The summed E-state index contributed by atoms with van der Waals surface area (Å²) in [6.07, 6.45) is 2.91. The molecule has 4 aromatic rings. The number of carbonyl (C=O) groups excluding carboxylic acids is 1. The number of benzene rings is 2. The Balaban J connectivity index is 0.000000206. The van der Waals surface area contributed by atoms with Gasteiger partial charge in [0.25, 0.3) is 11.1 Å². The van der Waals surface area contributed by atoms with Crippen molar-refractivity contribution in [3.63, 3.8) is 0 Å². The standard InChI is InChI=1S/C14H15NO4.C13H13NO4/c1-4-15-8-12(14(17)19-3)10-6-5-9(18-2)7-11(10)13(15)16;1-3-14-7-11(13(16)17)9-5-4-8(18-2)6-10(9)12(14)15/h5-8H,4H2,1-3H3;4-7H,3H2,1-2H3,(H,16,17). The number of carboxylic acid groups (broad SMARTS) is 1. The van der Waals surface area contributed by atoms with Crippen molar-refractivity contribution >= 4 is 33.5 Å². The third kappa shape index (κ3) is 5.32. The van der Waals surface area contributed by atoms with E-state index in [1.165, 1.54) is 42.9 Å². The molecule has 0 bridgehead atoms. The van der Waals surface area contributed by atoms with Crippen molar-refractivity contribution in [2.24, 2.45) is 0 Å². The van der Waals surface area contributed by atoms with Crippen molar-refractivity contribution in [1.29, 1.82) is 0 Å². The van der Waals surface area contributed by atoms with Crippen molar-refractivity contribution in [3.05, 3.63) is 80.6 Å². The number of pyridine rings is 2. The third-order valence-electron chi connectivity index (χ3n) is 5.90. The van der Waals surface area contributed by atoms with Crippen LogP contribution in [0, 0.1) is 0 Å². The number of rotatable bonds is 6. The highest BCUT2D eigenvalue weighted by Gasteiger charge is 2.16. The third-order valence-corrected chi connectivity index (χ3v) is 5.90. The van der Waals surface area contributed by atoms with E-state index >= 15 is 0 Å². The molecule has 37 heavy (non-hydrogen) atoms. The number of carbonyl (C=O) groups is 2. The van der Waals surface area contributed by atoms with Crippen LogP contribution in [0.1, 0.15) is 34.6 Å². The number of aromatic carboxylic acids is 1. The molecule has 1 N–H and O–H groups in total. The van der Waals surface area contributed by atoms with Gasteiger partial charge in [-0.25, -0.2) is 9.59 Å². The average Bonchev–Trinajstić information content (AvgIpc) is 2.93. The number of carboxylic acids is 1. The maximum Gasteiger partial charge on any atom is 0.339 e. The minimum absolute atomic E-state index is 0.120. The van der Waals surface area contributed by atoms with Crippen LogP contribution in [0.5, 0.6) is 11.5 Å². The predicted octanol–water partition coefficient (Wildman–Crippen LogP) is 3.54. The Bertz CT molecular complexity index is 1600. The van der Waals surface area contributed by atoms with Gasteiger partial charge in [0.1, 0.15) is 11.5 Å². The zero-order chi connectivity index (χ0) is 27.3. The highest BCUT2D eigenvalue weighted by atomic mass is 16.5. The van der Waals surface area contributed by atoms with Crippen LogP contribution in [0.4, 0.5) is 0 Å². The van der Waals surface area contributed by atoms with E-state index in [4.69, 9.17) is 14.2 Å². The van der Waals surface area contributed by atoms with Gasteiger partial charge in [0.15, 0.2) is 0 Å². The van der Waals surface area contributed by atoms with E-state index < -0.39 is 11.9 Å². The van der Waals surface area contributed by atoms with E-state index in [9.17, 15) is 24.3 Å². The molecule has 2 heterocycles. The Morgan fingerprint density at radius 3 is 1.54 bits per heavy atom. The van der Waals surface area contributed by atoms with Gasteiger partial charge in [-0.1, -0.05) is 0 Å². The second-order valence-corrected chi connectivity index (χ2v) is 7.89. The van der Waals surface area contributed by atoms with Gasteiger partial charge in [-0.2, -0.15) is 0 Å². The Labute approximate surface area is 212 Å². The quantitative estimate of drug-likeness (QED) is 0.392. The zero-order valence-corrected chi connectivity index (χ0v) is 21.2. The number of aryl methyl sites for hydroxylation is 2. The fourth-order valence-corrected chi connectivity index (χ4v) is 3.91. The van der Waals surface area contributed by atoms with Gasteiger partial charge in [0.2, 0.25) is 0 Å². The second kappa shape index (κ2) is 11.4. The van der Waals surface area contributed by atoms with Gasteiger partial charge in [0.05, 0.1) is 43.2 Å². The Kier molecular flexibility index (Phi) is 8.33. The summed E-state index contributed by atoms with van der Waals surface area (Å²) in [6.45, 7) is 4.54. The fourth-order valence-electron chi connectivity index (χ4n) is 3.91. The fraction of sp³-hybridized carbons (Fsp3) is 0.259. The molecular weight excluding hydrogens is 480 g/mol. The molecule has 0 saturated heterocycles. The number of aromatic nitrogens is 2. The summed E-state index contributed by atoms with van der Waals surface area (Å²) >= 11 is 0. The monoisotopic (exact) mass is 508 g/mol. The number of hydrogen-bond donors (Lipinski definition) is 1. The van der Waals surface area contributed by atoms with Gasteiger partial charge in [-0.05, 0) is 50.2 Å². The Morgan fingerprint density at radius 2 is 1.16 bits per heavy atom. The largest absolute Gasteiger partial charge is 0.497 e. The van der Waals surface area contributed by atoms with Crippen molar-refractivity contribution < 1.29 is 28.9 Å². The molecule has 0 aliphatic heterocycles. The summed E-state index contributed by atoms with van der Waals surface area (Å²) in [5.74, 6) is -0.399. The van der Waals surface area contributed by atoms with Crippen LogP contribution in [0.15, 0.2) is 58.4 Å². The Hall–Kier alpha value is -4.60. The summed E-state index contributed by atoms with van der Waals surface area (Å²) in [7, 11) is 4.35. The van der Waals surface area contributed by atoms with Gasteiger partial charge in [-0.3, -0.25) is 9.59 Å². The first kappa shape index (κ1) is 27.0. The van der Waals surface area contributed by atoms with E-state index in [2.05, 4.69) is 0 Å². The smallest absolute Gasteiger partial charge is 0.339 e. The van der Waals surface area contributed by atoms with Gasteiger partial charge in [0, 0.05) is 36.3 Å². The molecule has 2 aromatic heterocycles. The van der Waals surface area contributed by atoms with Crippen molar-refractivity contribution in [2.45, 2.75) is 26.9 Å². The molecule has 0 saturated carbocycles. The number of nitrogens with zero attached hydrogens (tertiary/aromatic N) is 2. The lowest BCUT2D eigenvalue weighted by Gasteiger charge is -2.10. The topological polar surface area (TPSA) is 126 Å². The number of esters is 1. The molecular formula is C27H28N2O8. The lowest BCUT2D eigenvalue weighted by molar-refractivity contribution is 0.0601. The van der Waals surface area contributed by atoms with E-state index in [0.29, 0.717) is 51.7 Å². The van der Waals surface area contributed by atoms with Crippen LogP contribution in [0.3, 0.4) is 0 Å². The van der Waals surface area contributed by atoms with Crippen molar-refractivity contribution in [3.8, 4) is 11.5 Å². The van der Waals surface area contributed by atoms with Crippen molar-refractivity contribution in [2.75, 3.05) is 21.3 Å². The van der Waals surface area contributed by atoms with Gasteiger partial charge < -0.3 is 28.5 Å². The normalized spacial score (nSPS) is 10.5. The van der Waals surface area contributed by atoms with Crippen LogP contribution >= 0.6 is 0 Å². The molecule has 0 fully saturated rings. The molecule has 2 aromatic carbocycles.